The minimum absolute atomic E-state index is 0.332. The molecule has 0 amide bonds. The molecule has 0 heterocycles. The van der Waals surface area contributed by atoms with Gasteiger partial charge in [0.25, 0.3) is 0 Å². The Kier molecular flexibility index (Phi) is 8.33. The third-order valence-electron chi connectivity index (χ3n) is 3.76. The molecule has 0 spiro atoms. The summed E-state index contributed by atoms with van der Waals surface area (Å²) in [5.41, 5.74) is 1.93. The largest absolute Gasteiger partial charge is 0.494 e. The van der Waals surface area contributed by atoms with Crippen LogP contribution in [-0.2, 0) is 4.74 Å². The molecule has 0 N–H and O–H groups in total. The average molecular weight is 354 g/mol. The Labute approximate surface area is 155 Å². The van der Waals surface area contributed by atoms with Crippen LogP contribution in [0.25, 0.3) is 0 Å². The fourth-order valence-corrected chi connectivity index (χ4v) is 2.32. The number of rotatable bonds is 10. The summed E-state index contributed by atoms with van der Waals surface area (Å²) in [6, 6.07) is 14.4. The van der Waals surface area contributed by atoms with Gasteiger partial charge in [0.1, 0.15) is 5.75 Å². The van der Waals surface area contributed by atoms with Crippen molar-refractivity contribution < 1.29 is 14.3 Å². The van der Waals surface area contributed by atoms with Crippen LogP contribution in [0, 0.1) is 0 Å². The molecule has 0 unspecified atom stereocenters. The molecule has 0 saturated carbocycles. The number of hydrogen-bond donors (Lipinski definition) is 0. The van der Waals surface area contributed by atoms with E-state index < -0.39 is 0 Å². The molecule has 5 heteroatoms. The van der Waals surface area contributed by atoms with Crippen molar-refractivity contribution in [3.8, 4) is 5.75 Å². The van der Waals surface area contributed by atoms with E-state index in [1.807, 2.05) is 24.3 Å². The van der Waals surface area contributed by atoms with Crippen molar-refractivity contribution in [3.05, 3.63) is 54.1 Å². The zero-order valence-electron chi connectivity index (χ0n) is 15.5. The third kappa shape index (κ3) is 6.67. The minimum atomic E-state index is -0.332. The van der Waals surface area contributed by atoms with Crippen LogP contribution in [0.1, 0.15) is 49.9 Å². The summed E-state index contributed by atoms with van der Waals surface area (Å²) in [6.07, 6.45) is 4.77. The molecular weight excluding hydrogens is 328 g/mol. The lowest BCUT2D eigenvalue weighted by atomic mass is 10.2. The molecule has 26 heavy (non-hydrogen) atoms. The summed E-state index contributed by atoms with van der Waals surface area (Å²) in [6.45, 7) is 5.08. The molecule has 2 aromatic carbocycles. The topological polar surface area (TPSA) is 60.2 Å². The Morgan fingerprint density at radius 1 is 0.846 bits per heavy atom. The van der Waals surface area contributed by atoms with Gasteiger partial charge in [-0.2, -0.15) is 10.2 Å². The minimum Gasteiger partial charge on any atom is -0.494 e. The fraction of sp³-hybridized carbons (Fsp3) is 0.381. The van der Waals surface area contributed by atoms with Crippen molar-refractivity contribution in [1.29, 1.82) is 0 Å². The lowest BCUT2D eigenvalue weighted by Gasteiger charge is -2.05. The maximum atomic E-state index is 11.6. The summed E-state index contributed by atoms with van der Waals surface area (Å²) in [5, 5.41) is 8.38. The van der Waals surface area contributed by atoms with E-state index in [-0.39, 0.29) is 5.97 Å². The van der Waals surface area contributed by atoms with Crippen LogP contribution in [0.4, 0.5) is 11.4 Å². The standard InChI is InChI=1S/C21H26N2O3/c1-3-5-6-7-16-26-20-14-12-19(13-15-20)23-22-18-10-8-17(9-11-18)21(24)25-4-2/h8-15H,3-7,16H2,1-2H3. The highest BCUT2D eigenvalue weighted by atomic mass is 16.5. The van der Waals surface area contributed by atoms with Crippen LogP contribution >= 0.6 is 0 Å². The van der Waals surface area contributed by atoms with E-state index in [0.717, 1.165) is 24.5 Å². The smallest absolute Gasteiger partial charge is 0.338 e. The fourth-order valence-electron chi connectivity index (χ4n) is 2.32. The van der Waals surface area contributed by atoms with Crippen LogP contribution in [0.2, 0.25) is 0 Å². The third-order valence-corrected chi connectivity index (χ3v) is 3.76. The van der Waals surface area contributed by atoms with Gasteiger partial charge in [-0.05, 0) is 61.9 Å². The van der Waals surface area contributed by atoms with Gasteiger partial charge in [-0.25, -0.2) is 4.79 Å². The van der Waals surface area contributed by atoms with Crippen molar-refractivity contribution in [1.82, 2.24) is 0 Å². The van der Waals surface area contributed by atoms with Gasteiger partial charge < -0.3 is 9.47 Å². The molecular formula is C21H26N2O3. The van der Waals surface area contributed by atoms with Crippen molar-refractivity contribution in [2.45, 2.75) is 39.5 Å². The normalized spacial score (nSPS) is 10.8. The Balaban J connectivity index is 1.85. The lowest BCUT2D eigenvalue weighted by Crippen LogP contribution is -2.03. The highest BCUT2D eigenvalue weighted by molar-refractivity contribution is 5.89. The Morgan fingerprint density at radius 2 is 1.46 bits per heavy atom. The number of ether oxygens (including phenoxy) is 2. The number of unbranched alkanes of at least 4 members (excludes halogenated alkanes) is 3. The summed E-state index contributed by atoms with van der Waals surface area (Å²) >= 11 is 0. The van der Waals surface area contributed by atoms with Crippen LogP contribution in [0.3, 0.4) is 0 Å². The van der Waals surface area contributed by atoms with Crippen molar-refractivity contribution in [2.75, 3.05) is 13.2 Å². The van der Waals surface area contributed by atoms with Crippen LogP contribution < -0.4 is 4.74 Å². The number of benzene rings is 2. The van der Waals surface area contributed by atoms with Crippen molar-refractivity contribution in [3.63, 3.8) is 0 Å². The highest BCUT2D eigenvalue weighted by Gasteiger charge is 2.05. The van der Waals surface area contributed by atoms with E-state index >= 15 is 0 Å². The zero-order chi connectivity index (χ0) is 18.6. The zero-order valence-corrected chi connectivity index (χ0v) is 15.5. The Morgan fingerprint density at radius 3 is 2.04 bits per heavy atom. The molecule has 0 aliphatic heterocycles. The second-order valence-electron chi connectivity index (χ2n) is 5.87. The molecule has 0 radical (unpaired) electrons. The van der Waals surface area contributed by atoms with Gasteiger partial charge in [0.15, 0.2) is 0 Å². The first kappa shape index (κ1) is 19.6. The van der Waals surface area contributed by atoms with Crippen LogP contribution in [0.15, 0.2) is 58.8 Å². The molecule has 0 aliphatic rings. The predicted octanol–water partition coefficient (Wildman–Crippen LogP) is 6.24. The first-order valence-corrected chi connectivity index (χ1v) is 9.14. The number of carbonyl (C=O) groups excluding carboxylic acids is 1. The molecule has 0 bridgehead atoms. The average Bonchev–Trinajstić information content (AvgIpc) is 2.68. The van der Waals surface area contributed by atoms with Gasteiger partial charge in [-0.15, -0.1) is 0 Å². The number of carbonyl (C=O) groups is 1. The highest BCUT2D eigenvalue weighted by Crippen LogP contribution is 2.22. The number of esters is 1. The number of nitrogens with zero attached hydrogens (tertiary/aromatic N) is 2. The summed E-state index contributed by atoms with van der Waals surface area (Å²) in [4.78, 5) is 11.6. The van der Waals surface area contributed by atoms with Gasteiger partial charge in [-0.1, -0.05) is 26.2 Å². The lowest BCUT2D eigenvalue weighted by molar-refractivity contribution is 0.0526. The maximum Gasteiger partial charge on any atom is 0.338 e. The predicted molar refractivity (Wildman–Crippen MR) is 103 cm³/mol. The van der Waals surface area contributed by atoms with Gasteiger partial charge >= 0.3 is 5.97 Å². The Hall–Kier alpha value is -2.69. The van der Waals surface area contributed by atoms with E-state index in [1.54, 1.807) is 31.2 Å². The summed E-state index contributed by atoms with van der Waals surface area (Å²) in [7, 11) is 0. The van der Waals surface area contributed by atoms with E-state index in [4.69, 9.17) is 9.47 Å². The van der Waals surface area contributed by atoms with Gasteiger partial charge in [0.05, 0.1) is 30.2 Å². The van der Waals surface area contributed by atoms with Crippen molar-refractivity contribution >= 4 is 17.3 Å². The Bertz CT molecular complexity index is 694. The number of azo groups is 1. The van der Waals surface area contributed by atoms with Gasteiger partial charge in [0.2, 0.25) is 0 Å². The van der Waals surface area contributed by atoms with Crippen molar-refractivity contribution in [2.24, 2.45) is 10.2 Å². The molecule has 5 nitrogen and oxygen atoms in total. The number of hydrogen-bond acceptors (Lipinski definition) is 5. The molecule has 0 saturated heterocycles. The first-order valence-electron chi connectivity index (χ1n) is 9.14. The second-order valence-corrected chi connectivity index (χ2v) is 5.87. The molecule has 0 aliphatic carbocycles. The van der Waals surface area contributed by atoms with E-state index in [1.165, 1.54) is 19.3 Å². The van der Waals surface area contributed by atoms with Gasteiger partial charge in [0, 0.05) is 0 Å². The maximum absolute atomic E-state index is 11.6. The second kappa shape index (κ2) is 11.0. The molecule has 2 rings (SSSR count). The van der Waals surface area contributed by atoms with E-state index in [0.29, 0.717) is 17.9 Å². The molecule has 0 aromatic heterocycles. The summed E-state index contributed by atoms with van der Waals surface area (Å²) in [5.74, 6) is 0.514. The van der Waals surface area contributed by atoms with E-state index in [2.05, 4.69) is 17.2 Å². The summed E-state index contributed by atoms with van der Waals surface area (Å²) < 4.78 is 10.7. The van der Waals surface area contributed by atoms with E-state index in [9.17, 15) is 4.79 Å². The van der Waals surface area contributed by atoms with Gasteiger partial charge in [-0.3, -0.25) is 0 Å². The van der Waals surface area contributed by atoms with Crippen LogP contribution in [0.5, 0.6) is 5.75 Å². The monoisotopic (exact) mass is 354 g/mol. The molecule has 138 valence electrons. The molecule has 0 atom stereocenters. The SMILES string of the molecule is CCCCCCOc1ccc(N=Nc2ccc(C(=O)OCC)cc2)cc1. The quantitative estimate of drug-likeness (QED) is 0.288. The molecule has 2 aromatic rings. The molecule has 0 fully saturated rings. The van der Waals surface area contributed by atoms with Crippen LogP contribution in [-0.4, -0.2) is 19.2 Å². The first-order chi connectivity index (χ1) is 12.7.